The Kier molecular flexibility index (Phi) is 5.16. The third kappa shape index (κ3) is 3.38. The van der Waals surface area contributed by atoms with Crippen LogP contribution in [0, 0.1) is 23.2 Å². The normalized spacial score (nSPS) is 12.4. The summed E-state index contributed by atoms with van der Waals surface area (Å²) in [6.07, 6.45) is 0. The van der Waals surface area contributed by atoms with Crippen LogP contribution in [0.5, 0.6) is 0 Å². The third-order valence-corrected chi connectivity index (χ3v) is 4.18. The lowest BCUT2D eigenvalue weighted by molar-refractivity contribution is 0.606. The fourth-order valence-electron chi connectivity index (χ4n) is 2.62. The molecule has 1 nitrogen and oxygen atoms in total. The number of halogens is 2. The summed E-state index contributed by atoms with van der Waals surface area (Å²) in [4.78, 5) is 0. The van der Waals surface area contributed by atoms with Gasteiger partial charge in [-0.05, 0) is 89.5 Å². The van der Waals surface area contributed by atoms with Crippen molar-refractivity contribution in [2.45, 2.75) is 26.8 Å². The molecule has 0 heterocycles. The highest BCUT2D eigenvalue weighted by atomic mass is 127. The van der Waals surface area contributed by atoms with Gasteiger partial charge in [0.2, 0.25) is 0 Å². The molecule has 0 bridgehead atoms. The Bertz CT molecular complexity index is 569. The van der Waals surface area contributed by atoms with Gasteiger partial charge in [0.25, 0.3) is 0 Å². The third-order valence-electron chi connectivity index (χ3n) is 3.46. The van der Waals surface area contributed by atoms with Crippen molar-refractivity contribution < 1.29 is 4.39 Å². The highest BCUT2D eigenvalue weighted by Gasteiger charge is 2.18. The Morgan fingerprint density at radius 2 is 1.65 bits per heavy atom. The summed E-state index contributed by atoms with van der Waals surface area (Å²) in [6.45, 7) is 6.91. The van der Waals surface area contributed by atoms with Gasteiger partial charge in [0.05, 0.1) is 6.04 Å². The Hall–Kier alpha value is -0.940. The topological polar surface area (TPSA) is 12.0 Å². The zero-order valence-electron chi connectivity index (χ0n) is 12.0. The summed E-state index contributed by atoms with van der Waals surface area (Å²) in [5, 5.41) is 3.51. The Labute approximate surface area is 133 Å². The van der Waals surface area contributed by atoms with Crippen molar-refractivity contribution in [3.05, 3.63) is 68.0 Å². The molecule has 2 aromatic carbocycles. The minimum Gasteiger partial charge on any atom is -0.307 e. The van der Waals surface area contributed by atoms with Crippen LogP contribution in [0.15, 0.2) is 36.4 Å². The summed E-state index contributed by atoms with van der Waals surface area (Å²) in [7, 11) is 0. The maximum absolute atomic E-state index is 13.5. The Balaban J connectivity index is 2.51. The van der Waals surface area contributed by atoms with Crippen molar-refractivity contribution in [1.29, 1.82) is 0 Å². The van der Waals surface area contributed by atoms with Crippen LogP contribution in [0.1, 0.15) is 35.2 Å². The van der Waals surface area contributed by atoms with Crippen LogP contribution in [-0.2, 0) is 0 Å². The van der Waals surface area contributed by atoms with Crippen LogP contribution in [0.3, 0.4) is 0 Å². The summed E-state index contributed by atoms with van der Waals surface area (Å²) in [6, 6.07) is 11.8. The molecule has 20 heavy (non-hydrogen) atoms. The zero-order valence-corrected chi connectivity index (χ0v) is 14.2. The van der Waals surface area contributed by atoms with E-state index in [4.69, 9.17) is 0 Å². The van der Waals surface area contributed by atoms with Gasteiger partial charge >= 0.3 is 0 Å². The van der Waals surface area contributed by atoms with Crippen LogP contribution in [0.4, 0.5) is 4.39 Å². The van der Waals surface area contributed by atoms with Crippen LogP contribution in [-0.4, -0.2) is 6.54 Å². The van der Waals surface area contributed by atoms with Gasteiger partial charge in [-0.2, -0.15) is 0 Å². The maximum atomic E-state index is 13.5. The fraction of sp³-hybridized carbons (Fsp3) is 0.294. The molecule has 1 unspecified atom stereocenters. The molecule has 0 spiro atoms. The smallest absolute Gasteiger partial charge is 0.123 e. The summed E-state index contributed by atoms with van der Waals surface area (Å²) in [5.41, 5.74) is 4.37. The van der Waals surface area contributed by atoms with Gasteiger partial charge in [-0.1, -0.05) is 19.1 Å². The molecule has 3 heteroatoms. The monoisotopic (exact) mass is 383 g/mol. The van der Waals surface area contributed by atoms with Gasteiger partial charge in [-0.3, -0.25) is 0 Å². The second kappa shape index (κ2) is 6.68. The molecule has 0 radical (unpaired) electrons. The van der Waals surface area contributed by atoms with E-state index in [0.29, 0.717) is 0 Å². The summed E-state index contributed by atoms with van der Waals surface area (Å²) in [5.74, 6) is -0.165. The average Bonchev–Trinajstić information content (AvgIpc) is 2.37. The average molecular weight is 383 g/mol. The van der Waals surface area contributed by atoms with E-state index in [2.05, 4.69) is 59.1 Å². The summed E-state index contributed by atoms with van der Waals surface area (Å²) >= 11 is 2.30. The van der Waals surface area contributed by atoms with Gasteiger partial charge in [0.15, 0.2) is 0 Å². The van der Waals surface area contributed by atoms with Crippen LogP contribution in [0.2, 0.25) is 0 Å². The predicted octanol–water partition coefficient (Wildman–Crippen LogP) is 4.75. The second-order valence-electron chi connectivity index (χ2n) is 5.00. The first-order chi connectivity index (χ1) is 9.52. The molecule has 2 aromatic rings. The lowest BCUT2D eigenvalue weighted by atomic mass is 9.91. The number of nitrogens with one attached hydrogen (secondary N) is 1. The van der Waals surface area contributed by atoms with Crippen LogP contribution in [0.25, 0.3) is 0 Å². The highest BCUT2D eigenvalue weighted by molar-refractivity contribution is 14.1. The first-order valence-corrected chi connectivity index (χ1v) is 7.86. The first-order valence-electron chi connectivity index (χ1n) is 6.78. The van der Waals surface area contributed by atoms with E-state index in [1.54, 1.807) is 12.1 Å². The Morgan fingerprint density at radius 3 is 2.15 bits per heavy atom. The number of benzene rings is 2. The zero-order chi connectivity index (χ0) is 14.7. The second-order valence-corrected chi connectivity index (χ2v) is 6.24. The van der Waals surface area contributed by atoms with Crippen molar-refractivity contribution in [1.82, 2.24) is 5.32 Å². The maximum Gasteiger partial charge on any atom is 0.123 e. The molecule has 1 N–H and O–H groups in total. The molecule has 2 rings (SSSR count). The fourth-order valence-corrected chi connectivity index (χ4v) is 2.98. The number of aryl methyl sites for hydroxylation is 2. The summed E-state index contributed by atoms with van der Waals surface area (Å²) < 4.78 is 14.7. The van der Waals surface area contributed by atoms with E-state index in [9.17, 15) is 4.39 Å². The molecule has 1 atom stereocenters. The molecular weight excluding hydrogens is 364 g/mol. The molecule has 0 amide bonds. The molecule has 0 aliphatic carbocycles. The first kappa shape index (κ1) is 15.4. The molecule has 0 aromatic heterocycles. The molecular formula is C17H19FIN. The van der Waals surface area contributed by atoms with E-state index in [1.165, 1.54) is 14.7 Å². The van der Waals surface area contributed by atoms with Crippen molar-refractivity contribution in [3.8, 4) is 0 Å². The minimum absolute atomic E-state index is 0.109. The molecule has 106 valence electrons. The van der Waals surface area contributed by atoms with Gasteiger partial charge in [-0.15, -0.1) is 0 Å². The molecule has 0 saturated carbocycles. The van der Waals surface area contributed by atoms with Crippen LogP contribution >= 0.6 is 22.6 Å². The number of hydrogen-bond acceptors (Lipinski definition) is 1. The minimum atomic E-state index is -0.165. The SMILES string of the molecule is CCNC(c1ccc(I)cc1)c1c(C)cc(F)cc1C. The van der Waals surface area contributed by atoms with Crippen molar-refractivity contribution in [2.75, 3.05) is 6.54 Å². The Morgan fingerprint density at radius 1 is 1.10 bits per heavy atom. The van der Waals surface area contributed by atoms with Gasteiger partial charge in [0.1, 0.15) is 5.82 Å². The van der Waals surface area contributed by atoms with Crippen molar-refractivity contribution in [2.24, 2.45) is 0 Å². The molecule has 0 saturated heterocycles. The van der Waals surface area contributed by atoms with E-state index in [-0.39, 0.29) is 11.9 Å². The quantitative estimate of drug-likeness (QED) is 0.752. The van der Waals surface area contributed by atoms with E-state index < -0.39 is 0 Å². The van der Waals surface area contributed by atoms with Gasteiger partial charge < -0.3 is 5.32 Å². The van der Waals surface area contributed by atoms with Crippen molar-refractivity contribution in [3.63, 3.8) is 0 Å². The molecule has 0 aliphatic heterocycles. The van der Waals surface area contributed by atoms with Gasteiger partial charge in [0, 0.05) is 3.57 Å². The number of hydrogen-bond donors (Lipinski definition) is 1. The standard InChI is InChI=1S/C17H19FIN/c1-4-20-17(13-5-7-15(19)8-6-13)16-11(2)9-14(18)10-12(16)3/h5-10,17,20H,4H2,1-3H3. The lowest BCUT2D eigenvalue weighted by Crippen LogP contribution is -2.23. The molecule has 0 fully saturated rings. The highest BCUT2D eigenvalue weighted by Crippen LogP contribution is 2.29. The lowest BCUT2D eigenvalue weighted by Gasteiger charge is -2.23. The molecule has 0 aliphatic rings. The van der Waals surface area contributed by atoms with E-state index in [0.717, 1.165) is 17.7 Å². The predicted molar refractivity (Wildman–Crippen MR) is 90.6 cm³/mol. The number of rotatable bonds is 4. The van der Waals surface area contributed by atoms with Gasteiger partial charge in [-0.25, -0.2) is 4.39 Å². The largest absolute Gasteiger partial charge is 0.307 e. The van der Waals surface area contributed by atoms with E-state index >= 15 is 0 Å². The van der Waals surface area contributed by atoms with E-state index in [1.807, 2.05) is 13.8 Å². The van der Waals surface area contributed by atoms with Crippen LogP contribution < -0.4 is 5.32 Å². The van der Waals surface area contributed by atoms with Crippen molar-refractivity contribution >= 4 is 22.6 Å².